The van der Waals surface area contributed by atoms with E-state index in [1.807, 2.05) is 11.4 Å². The summed E-state index contributed by atoms with van der Waals surface area (Å²) in [6, 6.07) is 6.70. The largest absolute Gasteiger partial charge is 0.271 e. The maximum atomic E-state index is 13.4. The fourth-order valence-electron chi connectivity index (χ4n) is 1.68. The molecule has 96 valence electrons. The van der Waals surface area contributed by atoms with Crippen LogP contribution in [0.1, 0.15) is 16.5 Å². The van der Waals surface area contributed by atoms with Gasteiger partial charge in [-0.3, -0.25) is 11.3 Å². The molecule has 0 saturated carbocycles. The Morgan fingerprint density at radius 2 is 2.28 bits per heavy atom. The smallest absolute Gasteiger partial charge is 0.142 e. The average molecular weight is 350 g/mol. The summed E-state index contributed by atoms with van der Waals surface area (Å²) in [6.45, 7) is 0. The molecule has 1 heterocycles. The van der Waals surface area contributed by atoms with Gasteiger partial charge in [-0.25, -0.2) is 4.39 Å². The molecule has 6 heteroatoms. The summed E-state index contributed by atoms with van der Waals surface area (Å²) in [4.78, 5) is 1.07. The van der Waals surface area contributed by atoms with Gasteiger partial charge in [-0.05, 0) is 40.0 Å². The molecular formula is C12H11BrClFN2S. The van der Waals surface area contributed by atoms with Crippen LogP contribution in [0.2, 0.25) is 5.02 Å². The van der Waals surface area contributed by atoms with Gasteiger partial charge in [-0.1, -0.05) is 23.7 Å². The van der Waals surface area contributed by atoms with E-state index in [-0.39, 0.29) is 11.1 Å². The van der Waals surface area contributed by atoms with Crippen molar-refractivity contribution in [1.82, 2.24) is 5.43 Å². The Kier molecular flexibility index (Phi) is 4.75. The first-order chi connectivity index (χ1) is 8.61. The Bertz CT molecular complexity index is 547. The lowest BCUT2D eigenvalue weighted by Gasteiger charge is -2.15. The van der Waals surface area contributed by atoms with Gasteiger partial charge in [0.15, 0.2) is 0 Å². The predicted molar refractivity (Wildman–Crippen MR) is 77.2 cm³/mol. The van der Waals surface area contributed by atoms with Crippen molar-refractivity contribution in [3.8, 4) is 0 Å². The minimum absolute atomic E-state index is 0.0828. The first-order valence-electron chi connectivity index (χ1n) is 5.24. The second kappa shape index (κ2) is 6.12. The zero-order chi connectivity index (χ0) is 13.1. The second-order valence-electron chi connectivity index (χ2n) is 3.80. The third-order valence-electron chi connectivity index (χ3n) is 2.59. The van der Waals surface area contributed by atoms with Gasteiger partial charge < -0.3 is 0 Å². The fraction of sp³-hybridized carbons (Fsp3) is 0.167. The highest BCUT2D eigenvalue weighted by atomic mass is 79.9. The molecule has 0 aliphatic rings. The van der Waals surface area contributed by atoms with Crippen LogP contribution in [0.3, 0.4) is 0 Å². The molecule has 2 rings (SSSR count). The van der Waals surface area contributed by atoms with Crippen molar-refractivity contribution in [3.63, 3.8) is 0 Å². The number of hydrogen-bond donors (Lipinski definition) is 2. The average Bonchev–Trinajstić information content (AvgIpc) is 2.78. The van der Waals surface area contributed by atoms with Gasteiger partial charge >= 0.3 is 0 Å². The van der Waals surface area contributed by atoms with Crippen molar-refractivity contribution in [3.05, 3.63) is 55.4 Å². The number of hydrazine groups is 1. The van der Waals surface area contributed by atoms with E-state index in [1.165, 1.54) is 6.07 Å². The van der Waals surface area contributed by atoms with Crippen molar-refractivity contribution in [2.45, 2.75) is 12.5 Å². The van der Waals surface area contributed by atoms with Gasteiger partial charge in [0.1, 0.15) is 5.82 Å². The predicted octanol–water partition coefficient (Wildman–Crippen LogP) is 4.05. The molecule has 1 unspecified atom stereocenters. The van der Waals surface area contributed by atoms with E-state index in [9.17, 15) is 4.39 Å². The first-order valence-corrected chi connectivity index (χ1v) is 7.30. The highest BCUT2D eigenvalue weighted by Crippen LogP contribution is 2.30. The van der Waals surface area contributed by atoms with E-state index < -0.39 is 5.82 Å². The zero-order valence-electron chi connectivity index (χ0n) is 9.29. The molecule has 0 aliphatic carbocycles. The molecule has 0 fully saturated rings. The summed E-state index contributed by atoms with van der Waals surface area (Å²) < 4.78 is 14.4. The fourth-order valence-corrected chi connectivity index (χ4v) is 3.39. The number of halogens is 3. The van der Waals surface area contributed by atoms with Gasteiger partial charge in [-0.2, -0.15) is 0 Å². The van der Waals surface area contributed by atoms with Crippen molar-refractivity contribution in [2.75, 3.05) is 0 Å². The highest BCUT2D eigenvalue weighted by molar-refractivity contribution is 9.10. The molecule has 0 aliphatic heterocycles. The number of thiophene rings is 1. The summed E-state index contributed by atoms with van der Waals surface area (Å²) in [5.74, 6) is 5.15. The Balaban J connectivity index is 2.23. The second-order valence-corrected chi connectivity index (χ2v) is 6.04. The number of nitrogens with two attached hydrogens (primary N) is 1. The monoisotopic (exact) mass is 348 g/mol. The lowest BCUT2D eigenvalue weighted by atomic mass is 10.0. The van der Waals surface area contributed by atoms with Crippen molar-refractivity contribution in [1.29, 1.82) is 0 Å². The third-order valence-corrected chi connectivity index (χ3v) is 4.82. The number of nitrogens with one attached hydrogen (secondary N) is 1. The topological polar surface area (TPSA) is 38.0 Å². The Hall–Kier alpha value is -0.460. The molecule has 0 radical (unpaired) electrons. The van der Waals surface area contributed by atoms with E-state index in [1.54, 1.807) is 23.5 Å². The normalized spacial score (nSPS) is 12.7. The van der Waals surface area contributed by atoms with Crippen LogP contribution in [-0.4, -0.2) is 0 Å². The first kappa shape index (κ1) is 14.0. The SMILES string of the molecule is NNC(Cc1cccc(F)c1Cl)c1cc(Br)cs1. The maximum absolute atomic E-state index is 13.4. The van der Waals surface area contributed by atoms with E-state index in [0.29, 0.717) is 6.42 Å². The lowest BCUT2D eigenvalue weighted by molar-refractivity contribution is 0.557. The summed E-state index contributed by atoms with van der Waals surface area (Å²) in [6.07, 6.45) is 0.542. The van der Waals surface area contributed by atoms with Crippen LogP contribution in [0, 0.1) is 5.82 Å². The van der Waals surface area contributed by atoms with Crippen LogP contribution in [-0.2, 0) is 6.42 Å². The molecule has 1 atom stereocenters. The quantitative estimate of drug-likeness (QED) is 0.645. The summed E-state index contributed by atoms with van der Waals surface area (Å²) in [7, 11) is 0. The Labute approximate surface area is 122 Å². The number of benzene rings is 1. The molecule has 0 saturated heterocycles. The van der Waals surface area contributed by atoms with E-state index in [4.69, 9.17) is 17.4 Å². The molecule has 3 N–H and O–H groups in total. The van der Waals surface area contributed by atoms with Crippen LogP contribution < -0.4 is 11.3 Å². The zero-order valence-corrected chi connectivity index (χ0v) is 12.4. The van der Waals surface area contributed by atoms with E-state index in [0.717, 1.165) is 14.9 Å². The Morgan fingerprint density at radius 1 is 1.50 bits per heavy atom. The third kappa shape index (κ3) is 3.10. The summed E-state index contributed by atoms with van der Waals surface area (Å²) in [5.41, 5.74) is 3.48. The van der Waals surface area contributed by atoms with E-state index >= 15 is 0 Å². The van der Waals surface area contributed by atoms with Gasteiger partial charge in [0.25, 0.3) is 0 Å². The minimum Gasteiger partial charge on any atom is -0.271 e. The minimum atomic E-state index is -0.405. The van der Waals surface area contributed by atoms with Gasteiger partial charge in [-0.15, -0.1) is 11.3 Å². The summed E-state index contributed by atoms with van der Waals surface area (Å²) >= 11 is 10.9. The van der Waals surface area contributed by atoms with E-state index in [2.05, 4.69) is 21.4 Å². The molecule has 0 spiro atoms. The number of rotatable bonds is 4. The van der Waals surface area contributed by atoms with Crippen LogP contribution in [0.15, 0.2) is 34.1 Å². The molecule has 18 heavy (non-hydrogen) atoms. The van der Waals surface area contributed by atoms with Crippen LogP contribution in [0.5, 0.6) is 0 Å². The molecule has 2 nitrogen and oxygen atoms in total. The number of hydrogen-bond acceptors (Lipinski definition) is 3. The van der Waals surface area contributed by atoms with Crippen LogP contribution in [0.4, 0.5) is 4.39 Å². The van der Waals surface area contributed by atoms with Crippen LogP contribution in [0.25, 0.3) is 0 Å². The van der Waals surface area contributed by atoms with Crippen molar-refractivity contribution in [2.24, 2.45) is 5.84 Å². The molecule has 1 aromatic carbocycles. The molecule has 1 aromatic heterocycles. The van der Waals surface area contributed by atoms with Crippen molar-refractivity contribution >= 4 is 38.9 Å². The van der Waals surface area contributed by atoms with Crippen molar-refractivity contribution < 1.29 is 4.39 Å². The standard InChI is InChI=1S/C12H11BrClFN2S/c13-8-5-11(18-6-8)10(17-16)4-7-2-1-3-9(15)12(7)14/h1-3,5-6,10,17H,4,16H2. The summed E-state index contributed by atoms with van der Waals surface area (Å²) in [5, 5.41) is 2.14. The van der Waals surface area contributed by atoms with Gasteiger partial charge in [0, 0.05) is 14.7 Å². The molecule has 0 bridgehead atoms. The van der Waals surface area contributed by atoms with Gasteiger partial charge in [0.2, 0.25) is 0 Å². The Morgan fingerprint density at radius 3 is 2.89 bits per heavy atom. The lowest BCUT2D eigenvalue weighted by Crippen LogP contribution is -2.29. The maximum Gasteiger partial charge on any atom is 0.142 e. The molecular weight excluding hydrogens is 339 g/mol. The molecule has 0 amide bonds. The van der Waals surface area contributed by atoms with Gasteiger partial charge in [0.05, 0.1) is 11.1 Å². The van der Waals surface area contributed by atoms with Crippen LogP contribution >= 0.6 is 38.9 Å². The highest BCUT2D eigenvalue weighted by Gasteiger charge is 2.15. The molecule has 2 aromatic rings.